The molecule has 0 heterocycles. The summed E-state index contributed by atoms with van der Waals surface area (Å²) in [5, 5.41) is 9.78. The van der Waals surface area contributed by atoms with Crippen molar-refractivity contribution in [3.63, 3.8) is 0 Å². The first-order valence-corrected chi connectivity index (χ1v) is 5.05. The highest BCUT2D eigenvalue weighted by Gasteiger charge is 2.20. The summed E-state index contributed by atoms with van der Waals surface area (Å²) < 4.78 is 0. The molecule has 74 valence electrons. The van der Waals surface area contributed by atoms with E-state index in [1.807, 2.05) is 0 Å². The van der Waals surface area contributed by atoms with Crippen molar-refractivity contribution in [2.75, 3.05) is 0 Å². The number of aliphatic hydroxyl groups excluding tert-OH is 1. The summed E-state index contributed by atoms with van der Waals surface area (Å²) in [5.41, 5.74) is 0.251. The average Bonchev–Trinajstić information content (AvgIpc) is 1.84. The van der Waals surface area contributed by atoms with Crippen LogP contribution in [0, 0.1) is 11.3 Å². The van der Waals surface area contributed by atoms with E-state index in [0.29, 0.717) is 5.92 Å². The van der Waals surface area contributed by atoms with Gasteiger partial charge in [0.2, 0.25) is 0 Å². The first-order chi connectivity index (χ1) is 5.37. The van der Waals surface area contributed by atoms with Gasteiger partial charge in [-0.15, -0.1) is 0 Å². The summed E-state index contributed by atoms with van der Waals surface area (Å²) in [6, 6.07) is 0. The van der Waals surface area contributed by atoms with Gasteiger partial charge in [0.15, 0.2) is 0 Å². The van der Waals surface area contributed by atoms with Gasteiger partial charge in [0.1, 0.15) is 0 Å². The second-order valence-corrected chi connectivity index (χ2v) is 5.10. The van der Waals surface area contributed by atoms with E-state index < -0.39 is 0 Å². The summed E-state index contributed by atoms with van der Waals surface area (Å²) in [7, 11) is 0. The Hall–Kier alpha value is -0.0400. The number of rotatable bonds is 4. The fourth-order valence-corrected chi connectivity index (χ4v) is 1.48. The van der Waals surface area contributed by atoms with E-state index >= 15 is 0 Å². The number of hydrogen-bond acceptors (Lipinski definition) is 1. The molecule has 0 aliphatic carbocycles. The van der Waals surface area contributed by atoms with E-state index in [9.17, 15) is 5.11 Å². The second-order valence-electron chi connectivity index (χ2n) is 5.10. The van der Waals surface area contributed by atoms with Gasteiger partial charge >= 0.3 is 0 Å². The molecule has 0 aromatic carbocycles. The predicted molar refractivity (Wildman–Crippen MR) is 54.2 cm³/mol. The quantitative estimate of drug-likeness (QED) is 0.690. The van der Waals surface area contributed by atoms with Crippen LogP contribution in [0.5, 0.6) is 0 Å². The van der Waals surface area contributed by atoms with E-state index in [4.69, 9.17) is 0 Å². The smallest absolute Gasteiger partial charge is 0.0570 e. The Kier molecular flexibility index (Phi) is 4.84. The number of hydrogen-bond donors (Lipinski definition) is 1. The van der Waals surface area contributed by atoms with Gasteiger partial charge in [-0.3, -0.25) is 0 Å². The SMILES string of the molecule is CCC[C@@H](C)C(O)CC(C)(C)C. The van der Waals surface area contributed by atoms with Gasteiger partial charge < -0.3 is 5.11 Å². The molecule has 1 heteroatoms. The van der Waals surface area contributed by atoms with Crippen molar-refractivity contribution in [2.24, 2.45) is 11.3 Å². The van der Waals surface area contributed by atoms with Crippen LogP contribution in [0.2, 0.25) is 0 Å². The van der Waals surface area contributed by atoms with Crippen molar-refractivity contribution in [2.45, 2.75) is 60.0 Å². The summed E-state index contributed by atoms with van der Waals surface area (Å²) in [6.07, 6.45) is 3.10. The Morgan fingerprint density at radius 2 is 1.75 bits per heavy atom. The van der Waals surface area contributed by atoms with Crippen molar-refractivity contribution >= 4 is 0 Å². The van der Waals surface area contributed by atoms with Crippen molar-refractivity contribution in [1.82, 2.24) is 0 Å². The van der Waals surface area contributed by atoms with Crippen LogP contribution < -0.4 is 0 Å². The van der Waals surface area contributed by atoms with Crippen LogP contribution in [0.4, 0.5) is 0 Å². The lowest BCUT2D eigenvalue weighted by atomic mass is 9.84. The van der Waals surface area contributed by atoms with Gasteiger partial charge in [-0.2, -0.15) is 0 Å². The molecule has 0 aliphatic heterocycles. The predicted octanol–water partition coefficient (Wildman–Crippen LogP) is 3.22. The van der Waals surface area contributed by atoms with Crippen LogP contribution >= 0.6 is 0 Å². The maximum absolute atomic E-state index is 9.78. The third-order valence-corrected chi connectivity index (χ3v) is 2.22. The highest BCUT2D eigenvalue weighted by atomic mass is 16.3. The van der Waals surface area contributed by atoms with Crippen molar-refractivity contribution in [3.05, 3.63) is 0 Å². The van der Waals surface area contributed by atoms with Crippen molar-refractivity contribution < 1.29 is 5.11 Å². The van der Waals surface area contributed by atoms with Crippen molar-refractivity contribution in [3.8, 4) is 0 Å². The summed E-state index contributed by atoms with van der Waals surface area (Å²) in [5.74, 6) is 0.453. The first kappa shape index (κ1) is 12.0. The van der Waals surface area contributed by atoms with E-state index in [1.54, 1.807) is 0 Å². The van der Waals surface area contributed by atoms with Gasteiger partial charge in [0.05, 0.1) is 6.10 Å². The molecule has 0 rings (SSSR count). The highest BCUT2D eigenvalue weighted by molar-refractivity contribution is 4.72. The topological polar surface area (TPSA) is 20.2 Å². The molecular formula is C11H24O. The fraction of sp³-hybridized carbons (Fsp3) is 1.00. The molecule has 0 saturated heterocycles. The minimum absolute atomic E-state index is 0.120. The molecule has 0 amide bonds. The molecular weight excluding hydrogens is 148 g/mol. The van der Waals surface area contributed by atoms with Gasteiger partial charge in [0.25, 0.3) is 0 Å². The Bertz CT molecular complexity index is 113. The molecule has 0 saturated carbocycles. The monoisotopic (exact) mass is 172 g/mol. The molecule has 0 fully saturated rings. The lowest BCUT2D eigenvalue weighted by Gasteiger charge is -2.26. The minimum atomic E-state index is -0.120. The van der Waals surface area contributed by atoms with Crippen LogP contribution in [0.3, 0.4) is 0 Å². The van der Waals surface area contributed by atoms with E-state index in [2.05, 4.69) is 34.6 Å². The van der Waals surface area contributed by atoms with Crippen LogP contribution in [0.1, 0.15) is 53.9 Å². The molecule has 0 spiro atoms. The van der Waals surface area contributed by atoms with Crippen LogP contribution in [-0.4, -0.2) is 11.2 Å². The van der Waals surface area contributed by atoms with Gasteiger partial charge in [-0.25, -0.2) is 0 Å². The molecule has 2 atom stereocenters. The minimum Gasteiger partial charge on any atom is -0.393 e. The second kappa shape index (κ2) is 4.86. The van der Waals surface area contributed by atoms with Gasteiger partial charge in [-0.05, 0) is 24.2 Å². The third-order valence-electron chi connectivity index (χ3n) is 2.22. The van der Waals surface area contributed by atoms with Gasteiger partial charge in [0, 0.05) is 0 Å². The standard InChI is InChI=1S/C11H24O/c1-6-7-9(2)10(12)8-11(3,4)5/h9-10,12H,6-8H2,1-5H3/t9-,10?/m1/s1. The molecule has 0 aromatic heterocycles. The van der Waals surface area contributed by atoms with Crippen LogP contribution in [0.25, 0.3) is 0 Å². The summed E-state index contributed by atoms with van der Waals surface area (Å²) in [6.45, 7) is 10.8. The van der Waals surface area contributed by atoms with Crippen LogP contribution in [-0.2, 0) is 0 Å². The lowest BCUT2D eigenvalue weighted by Crippen LogP contribution is -2.24. The molecule has 0 radical (unpaired) electrons. The highest BCUT2D eigenvalue weighted by Crippen LogP contribution is 2.25. The maximum atomic E-state index is 9.78. The molecule has 12 heavy (non-hydrogen) atoms. The average molecular weight is 172 g/mol. The molecule has 1 N–H and O–H groups in total. The van der Waals surface area contributed by atoms with E-state index in [-0.39, 0.29) is 11.5 Å². The van der Waals surface area contributed by atoms with Crippen molar-refractivity contribution in [1.29, 1.82) is 0 Å². The maximum Gasteiger partial charge on any atom is 0.0570 e. The lowest BCUT2D eigenvalue weighted by molar-refractivity contribution is 0.0694. The zero-order valence-corrected chi connectivity index (χ0v) is 9.22. The Morgan fingerprint density at radius 1 is 1.25 bits per heavy atom. The molecule has 0 aliphatic rings. The molecule has 0 bridgehead atoms. The Morgan fingerprint density at radius 3 is 2.08 bits per heavy atom. The van der Waals surface area contributed by atoms with Gasteiger partial charge in [-0.1, -0.05) is 41.0 Å². The zero-order chi connectivity index (χ0) is 9.78. The first-order valence-electron chi connectivity index (χ1n) is 5.05. The van der Waals surface area contributed by atoms with E-state index in [1.165, 1.54) is 6.42 Å². The summed E-state index contributed by atoms with van der Waals surface area (Å²) >= 11 is 0. The molecule has 0 aromatic rings. The number of aliphatic hydroxyl groups is 1. The van der Waals surface area contributed by atoms with Crippen LogP contribution in [0.15, 0.2) is 0 Å². The Balaban J connectivity index is 3.78. The summed E-state index contributed by atoms with van der Waals surface area (Å²) in [4.78, 5) is 0. The van der Waals surface area contributed by atoms with E-state index in [0.717, 1.165) is 12.8 Å². The fourth-order valence-electron chi connectivity index (χ4n) is 1.48. The normalized spacial score (nSPS) is 17.5. The Labute approximate surface area is 77.2 Å². The third kappa shape index (κ3) is 5.59. The molecule has 1 nitrogen and oxygen atoms in total. The zero-order valence-electron chi connectivity index (χ0n) is 9.22. The molecule has 1 unspecified atom stereocenters. The largest absolute Gasteiger partial charge is 0.393 e.